The second-order valence-electron chi connectivity index (χ2n) is 2.62. The minimum absolute atomic E-state index is 0.409. The van der Waals surface area contributed by atoms with Crippen molar-refractivity contribution in [1.82, 2.24) is 4.98 Å². The van der Waals surface area contributed by atoms with Crippen LogP contribution in [-0.4, -0.2) is 24.0 Å². The van der Waals surface area contributed by atoms with Gasteiger partial charge in [-0.3, -0.25) is 10.1 Å². The molecule has 15 heavy (non-hydrogen) atoms. The molecule has 1 heterocycles. The Morgan fingerprint density at radius 3 is 2.53 bits per heavy atom. The molecule has 1 aromatic rings. The number of halogens is 3. The van der Waals surface area contributed by atoms with E-state index in [2.05, 4.69) is 9.72 Å². The van der Waals surface area contributed by atoms with Crippen LogP contribution in [-0.2, 0) is 0 Å². The van der Waals surface area contributed by atoms with Crippen molar-refractivity contribution in [3.63, 3.8) is 0 Å². The molecular weight excluding hydrogens is 216 g/mol. The summed E-state index contributed by atoms with van der Waals surface area (Å²) in [4.78, 5) is 12.5. The minimum atomic E-state index is -5.38. The molecule has 0 bridgehead atoms. The highest BCUT2D eigenvalue weighted by molar-refractivity contribution is 6.74. The molecule has 0 aromatic carbocycles. The Kier molecular flexibility index (Phi) is 2.82. The molecule has 0 aliphatic rings. The van der Waals surface area contributed by atoms with E-state index in [1.54, 1.807) is 0 Å². The first kappa shape index (κ1) is 11.3. The molecule has 0 unspecified atom stereocenters. The third kappa shape index (κ3) is 2.36. The fraction of sp³-hybridized carbons (Fsp3) is 0.167. The van der Waals surface area contributed by atoms with Gasteiger partial charge >= 0.3 is 6.98 Å². The van der Waals surface area contributed by atoms with Gasteiger partial charge in [-0.25, -0.2) is 4.98 Å². The Morgan fingerprint density at radius 1 is 1.53 bits per heavy atom. The zero-order valence-electron chi connectivity index (χ0n) is 7.49. The normalized spacial score (nSPS) is 11.2. The molecule has 0 radical (unpaired) electrons. The SMILES string of the molecule is COc1ncc([N+](=O)[O-])cc1[B-](F)(F)F. The molecule has 1 aromatic heterocycles. The number of hydrogen-bond acceptors (Lipinski definition) is 4. The van der Waals surface area contributed by atoms with E-state index >= 15 is 0 Å². The number of hydrogen-bond donors (Lipinski definition) is 0. The molecule has 5 nitrogen and oxygen atoms in total. The van der Waals surface area contributed by atoms with Crippen LogP contribution in [0.15, 0.2) is 12.3 Å². The van der Waals surface area contributed by atoms with Crippen molar-refractivity contribution < 1.29 is 22.6 Å². The molecule has 0 aliphatic carbocycles. The Labute approximate surface area is 82.1 Å². The van der Waals surface area contributed by atoms with Crippen LogP contribution in [0.3, 0.4) is 0 Å². The predicted octanol–water partition coefficient (Wildman–Crippen LogP) is 1.05. The highest BCUT2D eigenvalue weighted by atomic mass is 19.4. The number of rotatable bonds is 3. The topological polar surface area (TPSA) is 65.3 Å². The van der Waals surface area contributed by atoms with Crippen LogP contribution < -0.4 is 10.2 Å². The van der Waals surface area contributed by atoms with Crippen LogP contribution in [0.25, 0.3) is 0 Å². The molecule has 0 saturated carbocycles. The third-order valence-corrected chi connectivity index (χ3v) is 1.62. The molecule has 0 atom stereocenters. The first-order valence-electron chi connectivity index (χ1n) is 3.74. The summed E-state index contributed by atoms with van der Waals surface area (Å²) in [6.07, 6.45) is 0.712. The quantitative estimate of drug-likeness (QED) is 0.434. The van der Waals surface area contributed by atoms with Crippen LogP contribution in [0.5, 0.6) is 5.88 Å². The van der Waals surface area contributed by atoms with Gasteiger partial charge in [-0.1, -0.05) is 0 Å². The largest absolute Gasteiger partial charge is 0.515 e. The molecule has 0 N–H and O–H groups in total. The van der Waals surface area contributed by atoms with Gasteiger partial charge in [0.2, 0.25) is 0 Å². The molecule has 1 rings (SSSR count). The van der Waals surface area contributed by atoms with Crippen molar-refractivity contribution in [2.75, 3.05) is 7.11 Å². The van der Waals surface area contributed by atoms with E-state index in [-0.39, 0.29) is 0 Å². The van der Waals surface area contributed by atoms with E-state index in [0.717, 1.165) is 7.11 Å². The number of ether oxygens (including phenoxy) is 1. The smallest absolute Gasteiger partial charge is 0.483 e. The van der Waals surface area contributed by atoms with Crippen LogP contribution in [0.1, 0.15) is 0 Å². The van der Waals surface area contributed by atoms with Crippen LogP contribution in [0.4, 0.5) is 18.6 Å². The number of pyridine rings is 1. The molecule has 0 fully saturated rings. The van der Waals surface area contributed by atoms with Crippen molar-refractivity contribution >= 4 is 18.1 Å². The van der Waals surface area contributed by atoms with Crippen molar-refractivity contribution in [2.45, 2.75) is 0 Å². The van der Waals surface area contributed by atoms with Gasteiger partial charge in [-0.15, -0.1) is 0 Å². The zero-order chi connectivity index (χ0) is 11.6. The van der Waals surface area contributed by atoms with Gasteiger partial charge in [0.05, 0.1) is 12.0 Å². The second-order valence-corrected chi connectivity index (χ2v) is 2.62. The Hall–Kier alpha value is -1.80. The molecule has 0 saturated heterocycles. The fourth-order valence-corrected chi connectivity index (χ4v) is 0.963. The summed E-state index contributed by atoms with van der Waals surface area (Å²) in [5, 5.41) is 10.2. The number of methoxy groups -OCH3 is 1. The van der Waals surface area contributed by atoms with Gasteiger partial charge in [0, 0.05) is 0 Å². The third-order valence-electron chi connectivity index (χ3n) is 1.62. The molecular formula is C6H5BF3N2O3-. The lowest BCUT2D eigenvalue weighted by Crippen LogP contribution is -2.35. The maximum absolute atomic E-state index is 12.4. The summed E-state index contributed by atoms with van der Waals surface area (Å²) < 4.78 is 41.6. The highest BCUT2D eigenvalue weighted by Gasteiger charge is 2.31. The van der Waals surface area contributed by atoms with Crippen LogP contribution >= 0.6 is 0 Å². The number of nitro groups is 1. The van der Waals surface area contributed by atoms with Gasteiger partial charge < -0.3 is 17.7 Å². The van der Waals surface area contributed by atoms with E-state index in [1.807, 2.05) is 0 Å². The molecule has 0 spiro atoms. The average molecular weight is 221 g/mol. The van der Waals surface area contributed by atoms with Gasteiger partial charge in [0.25, 0.3) is 5.69 Å². The summed E-state index contributed by atoms with van der Waals surface area (Å²) in [5.74, 6) is -0.659. The van der Waals surface area contributed by atoms with Crippen molar-refractivity contribution in [1.29, 1.82) is 0 Å². The van der Waals surface area contributed by atoms with E-state index in [4.69, 9.17) is 0 Å². The Morgan fingerprint density at radius 2 is 2.13 bits per heavy atom. The van der Waals surface area contributed by atoms with Gasteiger partial charge in [0.15, 0.2) is 5.88 Å². The summed E-state index contributed by atoms with van der Waals surface area (Å²) >= 11 is 0. The zero-order valence-corrected chi connectivity index (χ0v) is 7.49. The van der Waals surface area contributed by atoms with E-state index < -0.39 is 28.9 Å². The average Bonchev–Trinajstić information content (AvgIpc) is 2.15. The minimum Gasteiger partial charge on any atom is -0.483 e. The molecule has 82 valence electrons. The first-order chi connectivity index (χ1) is 6.86. The van der Waals surface area contributed by atoms with Crippen LogP contribution in [0.2, 0.25) is 0 Å². The lowest BCUT2D eigenvalue weighted by atomic mass is 9.80. The first-order valence-corrected chi connectivity index (χ1v) is 3.74. The van der Waals surface area contributed by atoms with Gasteiger partial charge in [-0.2, -0.15) is 0 Å². The van der Waals surface area contributed by atoms with E-state index in [1.165, 1.54) is 0 Å². The van der Waals surface area contributed by atoms with Crippen molar-refractivity contribution in [3.8, 4) is 5.88 Å². The number of nitrogens with zero attached hydrogens (tertiary/aromatic N) is 2. The maximum atomic E-state index is 12.4. The standard InChI is InChI=1S/C6H5BF3N2O3/c1-15-6-5(7(8,9)10)2-4(3-11-6)12(13)14/h2-3H,1H3/q-1. The molecule has 0 amide bonds. The summed E-state index contributed by atoms with van der Waals surface area (Å²) in [6, 6.07) is 0.409. The lowest BCUT2D eigenvalue weighted by Gasteiger charge is -2.16. The monoisotopic (exact) mass is 221 g/mol. The van der Waals surface area contributed by atoms with E-state index in [0.29, 0.717) is 12.3 Å². The lowest BCUT2D eigenvalue weighted by molar-refractivity contribution is -0.385. The fourth-order valence-electron chi connectivity index (χ4n) is 0.963. The number of aromatic nitrogens is 1. The summed E-state index contributed by atoms with van der Waals surface area (Å²) in [6.45, 7) is -5.38. The highest BCUT2D eigenvalue weighted by Crippen LogP contribution is 2.19. The molecule has 0 aliphatic heterocycles. The molecule has 9 heteroatoms. The predicted molar refractivity (Wildman–Crippen MR) is 46.2 cm³/mol. The Bertz CT molecular complexity index is 396. The second kappa shape index (κ2) is 3.75. The summed E-state index contributed by atoms with van der Waals surface area (Å²) in [5.41, 5.74) is -1.92. The van der Waals surface area contributed by atoms with Crippen molar-refractivity contribution in [3.05, 3.63) is 22.4 Å². The van der Waals surface area contributed by atoms with Crippen molar-refractivity contribution in [2.24, 2.45) is 0 Å². The van der Waals surface area contributed by atoms with E-state index in [9.17, 15) is 23.1 Å². The summed E-state index contributed by atoms with van der Waals surface area (Å²) in [7, 11) is 1.01. The maximum Gasteiger partial charge on any atom is 0.515 e. The Balaban J connectivity index is 3.32. The van der Waals surface area contributed by atoms with Crippen LogP contribution in [0, 0.1) is 10.1 Å². The van der Waals surface area contributed by atoms with Gasteiger partial charge in [-0.05, 0) is 11.5 Å². The van der Waals surface area contributed by atoms with Gasteiger partial charge in [0.1, 0.15) is 6.20 Å².